The Balaban J connectivity index is 1.96. The van der Waals surface area contributed by atoms with Crippen LogP contribution in [-0.4, -0.2) is 36.3 Å². The quantitative estimate of drug-likeness (QED) is 0.757. The first-order chi connectivity index (χ1) is 10.9. The summed E-state index contributed by atoms with van der Waals surface area (Å²) in [5.41, 5.74) is 2.08. The lowest BCUT2D eigenvalue weighted by molar-refractivity contribution is -0.153. The van der Waals surface area contributed by atoms with Crippen molar-refractivity contribution in [1.29, 1.82) is 0 Å². The molecule has 3 atom stereocenters. The maximum absolute atomic E-state index is 6.72. The molecule has 0 N–H and O–H groups in total. The molecule has 134 valence electrons. The lowest BCUT2D eigenvalue weighted by atomic mass is 9.90. The van der Waals surface area contributed by atoms with E-state index in [1.807, 2.05) is 27.0 Å². The molecule has 1 aliphatic heterocycles. The highest BCUT2D eigenvalue weighted by Crippen LogP contribution is 2.47. The number of aryl methyl sites for hydroxylation is 1. The summed E-state index contributed by atoms with van der Waals surface area (Å²) in [6.45, 7) is 17.2. The fourth-order valence-electron chi connectivity index (χ4n) is 3.20. The summed E-state index contributed by atoms with van der Waals surface area (Å²) in [5.74, 6) is 0.174. The maximum atomic E-state index is 6.72. The van der Waals surface area contributed by atoms with Gasteiger partial charge in [0.15, 0.2) is 14.1 Å². The Labute approximate surface area is 146 Å². The molecule has 0 amide bonds. The van der Waals surface area contributed by atoms with Crippen molar-refractivity contribution in [1.82, 2.24) is 9.97 Å². The zero-order valence-electron chi connectivity index (χ0n) is 16.1. The second-order valence-corrected chi connectivity index (χ2v) is 13.7. The van der Waals surface area contributed by atoms with Crippen LogP contribution >= 0.6 is 0 Å². The fourth-order valence-corrected chi connectivity index (χ4v) is 4.53. The topological polar surface area (TPSA) is 53.5 Å². The van der Waals surface area contributed by atoms with Crippen molar-refractivity contribution in [3.8, 4) is 0 Å². The Morgan fingerprint density at radius 2 is 1.92 bits per heavy atom. The minimum Gasteiger partial charge on any atom is -0.411 e. The Hall–Kier alpha value is -0.823. The molecule has 0 unspecified atom stereocenters. The zero-order valence-corrected chi connectivity index (χ0v) is 17.1. The molecule has 0 radical (unpaired) electrons. The summed E-state index contributed by atoms with van der Waals surface area (Å²) in [4.78, 5) is 9.01. The zero-order chi connectivity index (χ0) is 17.9. The second-order valence-electron chi connectivity index (χ2n) is 8.96. The van der Waals surface area contributed by atoms with E-state index in [4.69, 9.17) is 13.9 Å². The van der Waals surface area contributed by atoms with Crippen LogP contribution in [-0.2, 0) is 20.3 Å². The molecule has 5 nitrogen and oxygen atoms in total. The van der Waals surface area contributed by atoms with Crippen LogP contribution in [0.25, 0.3) is 0 Å². The van der Waals surface area contributed by atoms with Gasteiger partial charge in [-0.15, -0.1) is 0 Å². The van der Waals surface area contributed by atoms with Crippen LogP contribution in [0.4, 0.5) is 0 Å². The van der Waals surface area contributed by atoms with Gasteiger partial charge in [-0.1, -0.05) is 20.8 Å². The van der Waals surface area contributed by atoms with Gasteiger partial charge in [0.2, 0.25) is 0 Å². The SMILES string of the molecule is Cc1ncc2c(n1)C[C@@H](O[Si](C)(C)C(C)(C)C)[C@@H]1OC(C)(C)O[C@H]21. The van der Waals surface area contributed by atoms with E-state index in [0.717, 1.165) is 23.5 Å². The summed E-state index contributed by atoms with van der Waals surface area (Å²) in [6, 6.07) is 0. The third kappa shape index (κ3) is 3.17. The van der Waals surface area contributed by atoms with Crippen molar-refractivity contribution >= 4 is 8.32 Å². The average Bonchev–Trinajstić information content (AvgIpc) is 2.72. The van der Waals surface area contributed by atoms with Crippen LogP contribution in [0.1, 0.15) is 57.8 Å². The van der Waals surface area contributed by atoms with E-state index in [0.29, 0.717) is 0 Å². The smallest absolute Gasteiger partial charge is 0.192 e. The number of nitrogens with zero attached hydrogens (tertiary/aromatic N) is 2. The number of rotatable bonds is 2. The van der Waals surface area contributed by atoms with Gasteiger partial charge in [0.25, 0.3) is 0 Å². The van der Waals surface area contributed by atoms with Gasteiger partial charge in [0.05, 0.1) is 11.8 Å². The van der Waals surface area contributed by atoms with Gasteiger partial charge < -0.3 is 13.9 Å². The Morgan fingerprint density at radius 1 is 1.25 bits per heavy atom. The normalized spacial score (nSPS) is 29.2. The molecule has 1 fully saturated rings. The van der Waals surface area contributed by atoms with Gasteiger partial charge in [-0.05, 0) is 38.9 Å². The van der Waals surface area contributed by atoms with Gasteiger partial charge in [0, 0.05) is 18.2 Å². The Kier molecular flexibility index (Phi) is 4.19. The van der Waals surface area contributed by atoms with Crippen molar-refractivity contribution in [3.63, 3.8) is 0 Å². The third-order valence-corrected chi connectivity index (χ3v) is 9.97. The molecule has 2 heterocycles. The number of hydrogen-bond donors (Lipinski definition) is 0. The minimum atomic E-state index is -1.91. The highest BCUT2D eigenvalue weighted by atomic mass is 28.4. The number of fused-ring (bicyclic) bond motifs is 3. The maximum Gasteiger partial charge on any atom is 0.192 e. The van der Waals surface area contributed by atoms with E-state index in [1.54, 1.807) is 0 Å². The van der Waals surface area contributed by atoms with Crippen LogP contribution in [0.2, 0.25) is 18.1 Å². The summed E-state index contributed by atoms with van der Waals surface area (Å²) in [5, 5.41) is 0.152. The lowest BCUT2D eigenvalue weighted by Crippen LogP contribution is -2.50. The molecule has 0 aromatic carbocycles. The molecule has 0 saturated carbocycles. The minimum absolute atomic E-state index is 0.0283. The Bertz CT molecular complexity index is 640. The second kappa shape index (κ2) is 5.59. The predicted molar refractivity (Wildman–Crippen MR) is 95.3 cm³/mol. The van der Waals surface area contributed by atoms with Gasteiger partial charge in [-0.25, -0.2) is 9.97 Å². The fraction of sp³-hybridized carbons (Fsp3) is 0.778. The van der Waals surface area contributed by atoms with E-state index < -0.39 is 14.1 Å². The molecule has 0 spiro atoms. The summed E-state index contributed by atoms with van der Waals surface area (Å²) in [6.07, 6.45) is 2.36. The number of hydrogen-bond acceptors (Lipinski definition) is 5. The van der Waals surface area contributed by atoms with E-state index >= 15 is 0 Å². The third-order valence-electron chi connectivity index (χ3n) is 5.47. The Morgan fingerprint density at radius 3 is 2.54 bits per heavy atom. The highest BCUT2D eigenvalue weighted by Gasteiger charge is 2.52. The molecule has 24 heavy (non-hydrogen) atoms. The van der Waals surface area contributed by atoms with Crippen molar-refractivity contribution in [2.45, 2.75) is 90.2 Å². The standard InChI is InChI=1S/C18H30N2O3Si/c1-11-19-10-12-13(20-11)9-14(23-24(7,8)17(2,3)4)16-15(12)21-18(5,6)22-16/h10,14-16H,9H2,1-8H3/t14-,15-,16+/m1/s1. The predicted octanol–water partition coefficient (Wildman–Crippen LogP) is 3.92. The van der Waals surface area contributed by atoms with E-state index in [1.165, 1.54) is 0 Å². The monoisotopic (exact) mass is 350 g/mol. The summed E-state index contributed by atoms with van der Waals surface area (Å²) < 4.78 is 19.1. The van der Waals surface area contributed by atoms with E-state index in [9.17, 15) is 0 Å². The van der Waals surface area contributed by atoms with Crippen molar-refractivity contribution in [2.24, 2.45) is 0 Å². The summed E-state index contributed by atoms with van der Waals surface area (Å²) >= 11 is 0. The van der Waals surface area contributed by atoms with Crippen LogP contribution in [0.15, 0.2) is 6.20 Å². The van der Waals surface area contributed by atoms with Crippen LogP contribution in [0.3, 0.4) is 0 Å². The number of ether oxygens (including phenoxy) is 2. The van der Waals surface area contributed by atoms with Crippen molar-refractivity contribution < 1.29 is 13.9 Å². The lowest BCUT2D eigenvalue weighted by Gasteiger charge is -2.42. The van der Waals surface area contributed by atoms with Crippen LogP contribution < -0.4 is 0 Å². The molecule has 6 heteroatoms. The molecule has 1 aromatic heterocycles. The van der Waals surface area contributed by atoms with Gasteiger partial charge >= 0.3 is 0 Å². The molecule has 1 saturated heterocycles. The molecular formula is C18H30N2O3Si. The first kappa shape index (κ1) is 18.0. The van der Waals surface area contributed by atoms with Crippen LogP contribution in [0.5, 0.6) is 0 Å². The summed E-state index contributed by atoms with van der Waals surface area (Å²) in [7, 11) is -1.91. The van der Waals surface area contributed by atoms with Gasteiger partial charge in [-0.3, -0.25) is 0 Å². The molecular weight excluding hydrogens is 320 g/mol. The van der Waals surface area contributed by atoms with Crippen molar-refractivity contribution in [3.05, 3.63) is 23.3 Å². The van der Waals surface area contributed by atoms with E-state index in [2.05, 4.69) is 43.8 Å². The molecule has 1 aliphatic carbocycles. The largest absolute Gasteiger partial charge is 0.411 e. The highest BCUT2D eigenvalue weighted by molar-refractivity contribution is 6.74. The van der Waals surface area contributed by atoms with Gasteiger partial charge in [0.1, 0.15) is 18.0 Å². The molecule has 2 aliphatic rings. The first-order valence-corrected chi connectivity index (χ1v) is 11.7. The first-order valence-electron chi connectivity index (χ1n) is 8.75. The average molecular weight is 351 g/mol. The molecule has 3 rings (SSSR count). The van der Waals surface area contributed by atoms with Crippen LogP contribution in [0, 0.1) is 6.92 Å². The number of aromatic nitrogens is 2. The van der Waals surface area contributed by atoms with Gasteiger partial charge in [-0.2, -0.15) is 0 Å². The molecule has 0 bridgehead atoms. The van der Waals surface area contributed by atoms with E-state index in [-0.39, 0.29) is 23.4 Å². The van der Waals surface area contributed by atoms with Crippen molar-refractivity contribution in [2.75, 3.05) is 0 Å². The molecule has 1 aromatic rings.